The Morgan fingerprint density at radius 1 is 1.30 bits per heavy atom. The fourth-order valence-electron chi connectivity index (χ4n) is 4.28. The summed E-state index contributed by atoms with van der Waals surface area (Å²) < 4.78 is 0. The first-order valence-corrected chi connectivity index (χ1v) is 9.94. The third-order valence-corrected chi connectivity index (χ3v) is 7.61. The highest BCUT2D eigenvalue weighted by molar-refractivity contribution is 7.17. The molecule has 1 aliphatic carbocycles. The number of fused-ring (bicyclic) bond motifs is 2. The zero-order valence-electron chi connectivity index (χ0n) is 16.3. The predicted molar refractivity (Wildman–Crippen MR) is 101 cm³/mol. The van der Waals surface area contributed by atoms with Gasteiger partial charge in [0, 0.05) is 25.8 Å². The molecule has 0 radical (unpaired) electrons. The van der Waals surface area contributed by atoms with E-state index in [4.69, 9.17) is 0 Å². The van der Waals surface area contributed by atoms with Gasteiger partial charge in [0.1, 0.15) is 0 Å². The molecule has 146 valence electrons. The maximum absolute atomic E-state index is 13.0. The van der Waals surface area contributed by atoms with E-state index in [0.29, 0.717) is 28.5 Å². The Bertz CT molecular complexity index is 844. The number of piperidine rings is 1. The first kappa shape index (κ1) is 19.7. The second-order valence-corrected chi connectivity index (χ2v) is 9.23. The van der Waals surface area contributed by atoms with E-state index in [2.05, 4.69) is 10.3 Å². The van der Waals surface area contributed by atoms with Crippen molar-refractivity contribution in [2.24, 2.45) is 16.7 Å². The summed E-state index contributed by atoms with van der Waals surface area (Å²) in [6.45, 7) is 9.14. The number of nitrogens with zero attached hydrogens (tertiary/aromatic N) is 2. The van der Waals surface area contributed by atoms with Crippen LogP contribution >= 0.6 is 11.3 Å². The Kier molecular flexibility index (Phi) is 4.74. The molecule has 2 unspecified atom stereocenters. The van der Waals surface area contributed by atoms with Gasteiger partial charge in [-0.15, -0.1) is 0 Å². The molecule has 2 fully saturated rings. The molecule has 1 saturated heterocycles. The summed E-state index contributed by atoms with van der Waals surface area (Å²) >= 11 is 1.13. The standard InChI is InChI=1S/C19H25N3O4S/c1-10-14(11(2)23)27-17(20-10)21-13(24)7-9-22-15(25)12-6-8-19(5,16(22)26)18(12,3)4/h12H,6-9H2,1-5H3,(H,20,21,24). The van der Waals surface area contributed by atoms with Crippen molar-refractivity contribution in [2.75, 3.05) is 11.9 Å². The summed E-state index contributed by atoms with van der Waals surface area (Å²) in [6.07, 6.45) is 1.42. The SMILES string of the molecule is CC(=O)c1sc(NC(=O)CCN2C(=O)C3CCC(C)(C2=O)C3(C)C)nc1C. The molecule has 1 aromatic heterocycles. The van der Waals surface area contributed by atoms with Crippen molar-refractivity contribution in [3.63, 3.8) is 0 Å². The fraction of sp³-hybridized carbons (Fsp3) is 0.632. The zero-order valence-corrected chi connectivity index (χ0v) is 17.2. The molecule has 1 aromatic rings. The van der Waals surface area contributed by atoms with Gasteiger partial charge < -0.3 is 5.32 Å². The van der Waals surface area contributed by atoms with E-state index in [0.717, 1.165) is 11.3 Å². The normalized spacial score (nSPS) is 26.4. The van der Waals surface area contributed by atoms with Crippen LogP contribution in [0.4, 0.5) is 5.13 Å². The van der Waals surface area contributed by atoms with Crippen LogP contribution in [0.1, 0.15) is 62.3 Å². The van der Waals surface area contributed by atoms with Crippen LogP contribution < -0.4 is 5.32 Å². The molecule has 2 heterocycles. The molecule has 3 amide bonds. The maximum atomic E-state index is 13.0. The summed E-state index contributed by atoms with van der Waals surface area (Å²) in [4.78, 5) is 55.4. The molecule has 2 atom stereocenters. The highest BCUT2D eigenvalue weighted by Gasteiger charge is 2.64. The number of carbonyl (C=O) groups excluding carboxylic acids is 4. The Labute approximate surface area is 162 Å². The molecule has 8 heteroatoms. The lowest BCUT2D eigenvalue weighted by Gasteiger charge is -2.47. The van der Waals surface area contributed by atoms with Crippen molar-refractivity contribution in [1.29, 1.82) is 0 Å². The van der Waals surface area contributed by atoms with Gasteiger partial charge in [0.25, 0.3) is 0 Å². The largest absolute Gasteiger partial charge is 0.302 e. The molecule has 2 aliphatic rings. The molecule has 1 aliphatic heterocycles. The number of carbonyl (C=O) groups is 4. The van der Waals surface area contributed by atoms with Crippen LogP contribution in [-0.4, -0.2) is 39.9 Å². The molecule has 27 heavy (non-hydrogen) atoms. The third-order valence-electron chi connectivity index (χ3n) is 6.43. The molecule has 0 spiro atoms. The van der Waals surface area contributed by atoms with Crippen molar-refractivity contribution >= 4 is 40.0 Å². The van der Waals surface area contributed by atoms with Gasteiger partial charge in [-0.2, -0.15) is 0 Å². The molecular weight excluding hydrogens is 366 g/mol. The van der Waals surface area contributed by atoms with Gasteiger partial charge in [0.15, 0.2) is 10.9 Å². The number of hydrogen-bond acceptors (Lipinski definition) is 6. The van der Waals surface area contributed by atoms with Gasteiger partial charge >= 0.3 is 0 Å². The quantitative estimate of drug-likeness (QED) is 0.615. The predicted octanol–water partition coefficient (Wildman–Crippen LogP) is 2.79. The molecule has 3 rings (SSSR count). The van der Waals surface area contributed by atoms with Crippen molar-refractivity contribution in [3.05, 3.63) is 10.6 Å². The number of aryl methyl sites for hydroxylation is 1. The topological polar surface area (TPSA) is 96.4 Å². The number of hydrogen-bond donors (Lipinski definition) is 1. The van der Waals surface area contributed by atoms with E-state index in [1.807, 2.05) is 20.8 Å². The molecule has 1 N–H and O–H groups in total. The van der Waals surface area contributed by atoms with Crippen LogP contribution in [0.5, 0.6) is 0 Å². The maximum Gasteiger partial charge on any atom is 0.235 e. The molecule has 7 nitrogen and oxygen atoms in total. The fourth-order valence-corrected chi connectivity index (χ4v) is 5.16. The number of nitrogens with one attached hydrogen (secondary N) is 1. The van der Waals surface area contributed by atoms with E-state index >= 15 is 0 Å². The minimum Gasteiger partial charge on any atom is -0.302 e. The van der Waals surface area contributed by atoms with Gasteiger partial charge in [-0.25, -0.2) is 4.98 Å². The summed E-state index contributed by atoms with van der Waals surface area (Å²) in [5.74, 6) is -0.953. The Morgan fingerprint density at radius 3 is 2.56 bits per heavy atom. The molecular formula is C19H25N3O4S. The van der Waals surface area contributed by atoms with Crippen LogP contribution in [0.15, 0.2) is 0 Å². The summed E-state index contributed by atoms with van der Waals surface area (Å²) in [7, 11) is 0. The monoisotopic (exact) mass is 391 g/mol. The lowest BCUT2D eigenvalue weighted by molar-refractivity contribution is -0.167. The third kappa shape index (κ3) is 2.99. The number of thiazole rings is 1. The first-order chi connectivity index (χ1) is 12.5. The van der Waals surface area contributed by atoms with Crippen molar-refractivity contribution in [3.8, 4) is 0 Å². The minimum absolute atomic E-state index is 0.00867. The average molecular weight is 391 g/mol. The lowest BCUT2D eigenvalue weighted by Crippen LogP contribution is -2.59. The Morgan fingerprint density at radius 2 is 1.96 bits per heavy atom. The summed E-state index contributed by atoms with van der Waals surface area (Å²) in [5.41, 5.74) is -0.345. The van der Waals surface area contributed by atoms with Crippen molar-refractivity contribution in [2.45, 2.75) is 53.9 Å². The van der Waals surface area contributed by atoms with E-state index < -0.39 is 5.41 Å². The summed E-state index contributed by atoms with van der Waals surface area (Å²) in [5, 5.41) is 3.01. The number of amides is 3. The smallest absolute Gasteiger partial charge is 0.235 e. The van der Waals surface area contributed by atoms with Crippen LogP contribution in [0.2, 0.25) is 0 Å². The Hall–Kier alpha value is -2.09. The van der Waals surface area contributed by atoms with Gasteiger partial charge in [-0.3, -0.25) is 24.1 Å². The average Bonchev–Trinajstić information content (AvgIpc) is 3.01. The number of ketones is 1. The molecule has 2 bridgehead atoms. The van der Waals surface area contributed by atoms with Gasteiger partial charge in [-0.05, 0) is 25.2 Å². The lowest BCUT2D eigenvalue weighted by atomic mass is 9.62. The zero-order chi connectivity index (χ0) is 20.1. The number of imide groups is 1. The van der Waals surface area contributed by atoms with E-state index in [1.54, 1.807) is 6.92 Å². The molecule has 1 saturated carbocycles. The van der Waals surface area contributed by atoms with Crippen LogP contribution in [-0.2, 0) is 14.4 Å². The van der Waals surface area contributed by atoms with Gasteiger partial charge in [-0.1, -0.05) is 32.1 Å². The van der Waals surface area contributed by atoms with E-state index in [9.17, 15) is 19.2 Å². The van der Waals surface area contributed by atoms with Crippen LogP contribution in [0, 0.1) is 23.7 Å². The van der Waals surface area contributed by atoms with E-state index in [-0.39, 0.29) is 47.8 Å². The Balaban J connectivity index is 1.66. The van der Waals surface area contributed by atoms with Gasteiger partial charge in [0.2, 0.25) is 17.7 Å². The number of Topliss-reactive ketones (excluding diaryl/α,β-unsaturated/α-hetero) is 1. The van der Waals surface area contributed by atoms with Crippen LogP contribution in [0.3, 0.4) is 0 Å². The number of likely N-dealkylation sites (tertiary alicyclic amines) is 1. The first-order valence-electron chi connectivity index (χ1n) is 9.13. The second kappa shape index (κ2) is 6.51. The van der Waals surface area contributed by atoms with E-state index in [1.165, 1.54) is 11.8 Å². The summed E-state index contributed by atoms with van der Waals surface area (Å²) in [6, 6.07) is 0. The van der Waals surface area contributed by atoms with Crippen LogP contribution in [0.25, 0.3) is 0 Å². The number of aromatic nitrogens is 1. The minimum atomic E-state index is -0.565. The highest BCUT2D eigenvalue weighted by atomic mass is 32.1. The van der Waals surface area contributed by atoms with Crippen molar-refractivity contribution in [1.82, 2.24) is 9.88 Å². The number of rotatable bonds is 5. The highest BCUT2D eigenvalue weighted by Crippen LogP contribution is 2.60. The van der Waals surface area contributed by atoms with Gasteiger partial charge in [0.05, 0.1) is 16.0 Å². The molecule has 0 aromatic carbocycles. The number of anilines is 1. The van der Waals surface area contributed by atoms with Crippen molar-refractivity contribution < 1.29 is 19.2 Å². The second-order valence-electron chi connectivity index (χ2n) is 8.23.